The number of carbonyl (C=O) groups excluding carboxylic acids is 1. The van der Waals surface area contributed by atoms with Crippen molar-refractivity contribution in [1.29, 1.82) is 0 Å². The molecule has 4 nitrogen and oxygen atoms in total. The first-order chi connectivity index (χ1) is 13.6. The lowest BCUT2D eigenvalue weighted by atomic mass is 9.97. The van der Waals surface area contributed by atoms with Crippen LogP contribution >= 0.6 is 0 Å². The molecule has 0 aliphatic carbocycles. The molecule has 0 radical (unpaired) electrons. The van der Waals surface area contributed by atoms with Crippen molar-refractivity contribution in [3.05, 3.63) is 101 Å². The van der Waals surface area contributed by atoms with Gasteiger partial charge in [0.25, 0.3) is 0 Å². The summed E-state index contributed by atoms with van der Waals surface area (Å²) >= 11 is 0. The largest absolute Gasteiger partial charge is 0.439 e. The molecule has 4 rings (SSSR count). The minimum Gasteiger partial charge on any atom is -0.439 e. The van der Waals surface area contributed by atoms with Crippen molar-refractivity contribution in [2.24, 2.45) is 0 Å². The Morgan fingerprint density at radius 2 is 1.82 bits per heavy atom. The molecule has 0 spiro atoms. The van der Waals surface area contributed by atoms with Crippen LogP contribution in [-0.2, 0) is 4.74 Å². The van der Waals surface area contributed by atoms with Crippen LogP contribution in [0.25, 0.3) is 0 Å². The Morgan fingerprint density at radius 3 is 2.64 bits per heavy atom. The van der Waals surface area contributed by atoms with Crippen LogP contribution in [0.1, 0.15) is 40.0 Å². The normalized spacial score (nSPS) is 18.0. The van der Waals surface area contributed by atoms with Gasteiger partial charge in [-0.15, -0.1) is 0 Å². The van der Waals surface area contributed by atoms with Gasteiger partial charge in [0.15, 0.2) is 6.10 Å². The van der Waals surface area contributed by atoms with Crippen LogP contribution in [-0.4, -0.2) is 11.1 Å². The van der Waals surface area contributed by atoms with Crippen molar-refractivity contribution < 1.29 is 13.9 Å². The third-order valence-electron chi connectivity index (χ3n) is 4.48. The zero-order chi connectivity index (χ0) is 19.5. The summed E-state index contributed by atoms with van der Waals surface area (Å²) < 4.78 is 19.0. The van der Waals surface area contributed by atoms with Crippen LogP contribution in [0.2, 0.25) is 0 Å². The average molecular weight is 372 g/mol. The van der Waals surface area contributed by atoms with Crippen LogP contribution < -0.4 is 5.32 Å². The number of rotatable bonds is 2. The Hall–Kier alpha value is -3.65. The van der Waals surface area contributed by atoms with Gasteiger partial charge in [0.1, 0.15) is 11.9 Å². The van der Waals surface area contributed by atoms with Gasteiger partial charge in [-0.2, -0.15) is 0 Å². The van der Waals surface area contributed by atoms with Gasteiger partial charge in [-0.05, 0) is 53.9 Å². The highest BCUT2D eigenvalue weighted by Crippen LogP contribution is 2.36. The quantitative estimate of drug-likeness (QED) is 0.676. The van der Waals surface area contributed by atoms with Crippen LogP contribution in [0.15, 0.2) is 67.0 Å². The van der Waals surface area contributed by atoms with Crippen LogP contribution in [0.3, 0.4) is 0 Å². The van der Waals surface area contributed by atoms with Crippen LogP contribution in [0.5, 0.6) is 0 Å². The lowest BCUT2D eigenvalue weighted by Crippen LogP contribution is -2.19. The number of carbonyl (C=O) groups is 1. The van der Waals surface area contributed by atoms with Crippen molar-refractivity contribution in [2.45, 2.75) is 19.1 Å². The summed E-state index contributed by atoms with van der Waals surface area (Å²) in [5, 5.41) is 2.77. The Labute approximate surface area is 162 Å². The lowest BCUT2D eigenvalue weighted by molar-refractivity contribution is 0.132. The summed E-state index contributed by atoms with van der Waals surface area (Å²) in [6.07, 6.45) is 2.14. The number of aryl methyl sites for hydroxylation is 1. The van der Waals surface area contributed by atoms with Crippen LogP contribution in [0, 0.1) is 24.6 Å². The van der Waals surface area contributed by atoms with E-state index in [2.05, 4.69) is 22.1 Å². The van der Waals surface area contributed by atoms with Gasteiger partial charge in [0.2, 0.25) is 0 Å². The van der Waals surface area contributed by atoms with E-state index >= 15 is 0 Å². The maximum atomic E-state index is 13.6. The smallest absolute Gasteiger partial charge is 0.408 e. The van der Waals surface area contributed by atoms with Crippen molar-refractivity contribution in [1.82, 2.24) is 10.3 Å². The van der Waals surface area contributed by atoms with E-state index in [-0.39, 0.29) is 5.82 Å². The summed E-state index contributed by atoms with van der Waals surface area (Å²) in [7, 11) is 0. The molecule has 2 unspecified atom stereocenters. The number of nitrogens with one attached hydrogen (secondary N) is 1. The Balaban J connectivity index is 1.64. The van der Waals surface area contributed by atoms with E-state index in [0.717, 1.165) is 22.3 Å². The van der Waals surface area contributed by atoms with Crippen molar-refractivity contribution in [3.63, 3.8) is 0 Å². The molecular weight excluding hydrogens is 355 g/mol. The summed E-state index contributed by atoms with van der Waals surface area (Å²) in [6, 6.07) is 15.4. The third kappa shape index (κ3) is 3.86. The summed E-state index contributed by atoms with van der Waals surface area (Å²) in [5.74, 6) is 5.84. The summed E-state index contributed by atoms with van der Waals surface area (Å²) in [4.78, 5) is 16.1. The first kappa shape index (κ1) is 17.7. The first-order valence-electron chi connectivity index (χ1n) is 8.85. The maximum Gasteiger partial charge on any atom is 0.408 e. The molecule has 2 heterocycles. The fraction of sp³-hybridized carbons (Fsp3) is 0.130. The zero-order valence-corrected chi connectivity index (χ0v) is 15.1. The topological polar surface area (TPSA) is 51.2 Å². The maximum absolute atomic E-state index is 13.6. The Morgan fingerprint density at radius 1 is 1.00 bits per heavy atom. The van der Waals surface area contributed by atoms with Crippen LogP contribution in [0.4, 0.5) is 9.18 Å². The van der Waals surface area contributed by atoms with E-state index in [1.807, 2.05) is 37.3 Å². The molecule has 1 saturated heterocycles. The third-order valence-corrected chi connectivity index (χ3v) is 4.48. The predicted molar refractivity (Wildman–Crippen MR) is 103 cm³/mol. The second kappa shape index (κ2) is 7.53. The second-order valence-electron chi connectivity index (χ2n) is 6.63. The second-order valence-corrected chi connectivity index (χ2v) is 6.63. The predicted octanol–water partition coefficient (Wildman–Crippen LogP) is 4.45. The number of halogens is 1. The number of aromatic nitrogens is 1. The Bertz CT molecular complexity index is 1100. The van der Waals surface area contributed by atoms with Gasteiger partial charge >= 0.3 is 6.09 Å². The lowest BCUT2D eigenvalue weighted by Gasteiger charge is -2.17. The molecule has 1 amide bonds. The molecule has 0 bridgehead atoms. The summed E-state index contributed by atoms with van der Waals surface area (Å²) in [6.45, 7) is 2.02. The number of cyclic esters (lactones) is 1. The number of pyridine rings is 1. The van der Waals surface area contributed by atoms with Crippen molar-refractivity contribution in [3.8, 4) is 11.8 Å². The van der Waals surface area contributed by atoms with E-state index in [4.69, 9.17) is 4.74 Å². The minimum absolute atomic E-state index is 0.380. The molecular formula is C23H17FN2O2. The van der Waals surface area contributed by atoms with Crippen molar-refractivity contribution >= 4 is 6.09 Å². The highest BCUT2D eigenvalue weighted by atomic mass is 19.1. The SMILES string of the molecule is Cc1cccc(C#Cc2cncc(C3NC(=O)OC3c3cccc(F)c3)c2)c1. The number of ether oxygens (including phenoxy) is 1. The minimum atomic E-state index is -0.634. The summed E-state index contributed by atoms with van der Waals surface area (Å²) in [5.41, 5.74) is 4.11. The number of amides is 1. The molecule has 1 fully saturated rings. The molecule has 2 atom stereocenters. The molecule has 0 saturated carbocycles. The van der Waals surface area contributed by atoms with E-state index in [9.17, 15) is 9.18 Å². The number of alkyl carbamates (subject to hydrolysis) is 1. The van der Waals surface area contributed by atoms with E-state index < -0.39 is 18.2 Å². The number of nitrogens with zero attached hydrogens (tertiary/aromatic N) is 1. The molecule has 2 aromatic carbocycles. The van der Waals surface area contributed by atoms with Crippen molar-refractivity contribution in [2.75, 3.05) is 0 Å². The van der Waals surface area contributed by atoms with E-state index in [1.165, 1.54) is 12.1 Å². The molecule has 1 aromatic heterocycles. The van der Waals surface area contributed by atoms with Gasteiger partial charge in [-0.3, -0.25) is 4.98 Å². The standard InChI is InChI=1S/C23H17FN2O2/c1-15-4-2-5-16(10-15)8-9-17-11-19(14-25-13-17)21-22(28-23(27)26-21)18-6-3-7-20(24)12-18/h2-7,10-14,21-22H,1H3,(H,26,27). The van der Waals surface area contributed by atoms with Gasteiger partial charge < -0.3 is 10.1 Å². The molecule has 1 aliphatic rings. The number of hydrogen-bond donors (Lipinski definition) is 1. The molecule has 5 heteroatoms. The highest BCUT2D eigenvalue weighted by molar-refractivity contribution is 5.71. The number of benzene rings is 2. The van der Waals surface area contributed by atoms with E-state index in [0.29, 0.717) is 5.56 Å². The monoisotopic (exact) mass is 372 g/mol. The van der Waals surface area contributed by atoms with Gasteiger partial charge in [-0.1, -0.05) is 36.1 Å². The molecule has 1 aliphatic heterocycles. The van der Waals surface area contributed by atoms with Gasteiger partial charge in [-0.25, -0.2) is 9.18 Å². The number of hydrogen-bond acceptors (Lipinski definition) is 3. The average Bonchev–Trinajstić information content (AvgIpc) is 3.09. The zero-order valence-electron chi connectivity index (χ0n) is 15.1. The van der Waals surface area contributed by atoms with E-state index in [1.54, 1.807) is 24.5 Å². The fourth-order valence-corrected chi connectivity index (χ4v) is 3.19. The van der Waals surface area contributed by atoms with Gasteiger partial charge in [0, 0.05) is 23.5 Å². The Kier molecular flexibility index (Phi) is 4.77. The first-order valence-corrected chi connectivity index (χ1v) is 8.85. The molecule has 138 valence electrons. The fourth-order valence-electron chi connectivity index (χ4n) is 3.19. The molecule has 3 aromatic rings. The molecule has 28 heavy (non-hydrogen) atoms. The highest BCUT2D eigenvalue weighted by Gasteiger charge is 2.36. The van der Waals surface area contributed by atoms with Gasteiger partial charge in [0.05, 0.1) is 0 Å². The molecule has 1 N–H and O–H groups in total.